The number of methoxy groups -OCH3 is 1. The molecule has 0 spiro atoms. The van der Waals surface area contributed by atoms with Crippen LogP contribution in [0.25, 0.3) is 0 Å². The van der Waals surface area contributed by atoms with Gasteiger partial charge in [-0.3, -0.25) is 4.79 Å². The molecular weight excluding hydrogens is 236 g/mol. The van der Waals surface area contributed by atoms with Crippen molar-refractivity contribution in [3.05, 3.63) is 0 Å². The quantitative estimate of drug-likeness (QED) is 0.697. The standard InChI is InChI=1S/C12H22N2O4/c1-3-18-12(16)9-6-4-5-7-14(9)11(15)10(8-13)17-2/h9-10H,3-8,13H2,1-2H3. The molecule has 0 saturated carbocycles. The Hall–Kier alpha value is -1.14. The molecule has 6 heteroatoms. The van der Waals surface area contributed by atoms with Crippen LogP contribution in [0.3, 0.4) is 0 Å². The summed E-state index contributed by atoms with van der Waals surface area (Å²) in [6.45, 7) is 2.75. The Kier molecular flexibility index (Phi) is 6.07. The van der Waals surface area contributed by atoms with Crippen molar-refractivity contribution in [3.8, 4) is 0 Å². The summed E-state index contributed by atoms with van der Waals surface area (Å²) in [7, 11) is 1.44. The molecule has 1 saturated heterocycles. The van der Waals surface area contributed by atoms with E-state index in [0.29, 0.717) is 19.6 Å². The molecule has 2 unspecified atom stereocenters. The highest BCUT2D eigenvalue weighted by Crippen LogP contribution is 2.19. The van der Waals surface area contributed by atoms with E-state index in [-0.39, 0.29) is 18.4 Å². The third-order valence-electron chi connectivity index (χ3n) is 3.12. The van der Waals surface area contributed by atoms with Gasteiger partial charge in [-0.15, -0.1) is 0 Å². The highest BCUT2D eigenvalue weighted by Gasteiger charge is 2.35. The summed E-state index contributed by atoms with van der Waals surface area (Å²) in [5, 5.41) is 0. The maximum absolute atomic E-state index is 12.2. The summed E-state index contributed by atoms with van der Waals surface area (Å²) in [6, 6.07) is -0.490. The van der Waals surface area contributed by atoms with Crippen LogP contribution in [0.15, 0.2) is 0 Å². The first-order valence-corrected chi connectivity index (χ1v) is 6.35. The lowest BCUT2D eigenvalue weighted by Crippen LogP contribution is -2.53. The smallest absolute Gasteiger partial charge is 0.328 e. The Bertz CT molecular complexity index is 292. The van der Waals surface area contributed by atoms with Gasteiger partial charge in [-0.25, -0.2) is 4.79 Å². The normalized spacial score (nSPS) is 21.5. The largest absolute Gasteiger partial charge is 0.464 e. The predicted octanol–water partition coefficient (Wildman–Crippen LogP) is -0.0957. The number of piperidine rings is 1. The minimum absolute atomic E-state index is 0.112. The van der Waals surface area contributed by atoms with E-state index in [0.717, 1.165) is 12.8 Å². The molecule has 2 atom stereocenters. The summed E-state index contributed by atoms with van der Waals surface area (Å²) in [5.41, 5.74) is 5.48. The van der Waals surface area contributed by atoms with Gasteiger partial charge in [0.2, 0.25) is 0 Å². The highest BCUT2D eigenvalue weighted by atomic mass is 16.5. The zero-order chi connectivity index (χ0) is 13.5. The van der Waals surface area contributed by atoms with Crippen LogP contribution in [0.2, 0.25) is 0 Å². The van der Waals surface area contributed by atoms with Crippen LogP contribution in [-0.4, -0.2) is 55.7 Å². The number of hydrogen-bond acceptors (Lipinski definition) is 5. The Morgan fingerprint density at radius 3 is 2.72 bits per heavy atom. The number of esters is 1. The fourth-order valence-corrected chi connectivity index (χ4v) is 2.16. The molecule has 1 amide bonds. The Balaban J connectivity index is 2.75. The number of ether oxygens (including phenoxy) is 2. The second-order valence-corrected chi connectivity index (χ2v) is 4.26. The number of hydrogen-bond donors (Lipinski definition) is 1. The molecule has 1 aliphatic rings. The second-order valence-electron chi connectivity index (χ2n) is 4.26. The van der Waals surface area contributed by atoms with Crippen molar-refractivity contribution in [3.63, 3.8) is 0 Å². The molecule has 1 aliphatic heterocycles. The molecule has 18 heavy (non-hydrogen) atoms. The first-order chi connectivity index (χ1) is 8.65. The van der Waals surface area contributed by atoms with E-state index in [1.165, 1.54) is 7.11 Å². The number of nitrogens with two attached hydrogens (primary N) is 1. The third kappa shape index (κ3) is 3.43. The van der Waals surface area contributed by atoms with E-state index in [1.807, 2.05) is 0 Å². The number of rotatable bonds is 5. The van der Waals surface area contributed by atoms with Crippen molar-refractivity contribution in [2.45, 2.75) is 38.3 Å². The topological polar surface area (TPSA) is 81.9 Å². The number of carbonyl (C=O) groups excluding carboxylic acids is 2. The van der Waals surface area contributed by atoms with Crippen LogP contribution in [0.4, 0.5) is 0 Å². The maximum Gasteiger partial charge on any atom is 0.328 e. The van der Waals surface area contributed by atoms with Gasteiger partial charge < -0.3 is 20.1 Å². The molecule has 2 N–H and O–H groups in total. The van der Waals surface area contributed by atoms with Crippen LogP contribution in [0.5, 0.6) is 0 Å². The SMILES string of the molecule is CCOC(=O)C1CCCCN1C(=O)C(CN)OC. The average molecular weight is 258 g/mol. The molecule has 0 aromatic heterocycles. The van der Waals surface area contributed by atoms with E-state index in [1.54, 1.807) is 11.8 Å². The Morgan fingerprint density at radius 1 is 1.44 bits per heavy atom. The molecule has 1 fully saturated rings. The zero-order valence-corrected chi connectivity index (χ0v) is 11.1. The van der Waals surface area contributed by atoms with E-state index in [2.05, 4.69) is 0 Å². The fourth-order valence-electron chi connectivity index (χ4n) is 2.16. The minimum atomic E-state index is -0.681. The second kappa shape index (κ2) is 7.33. The van der Waals surface area contributed by atoms with Crippen LogP contribution in [-0.2, 0) is 19.1 Å². The summed E-state index contributed by atoms with van der Waals surface area (Å²) in [5.74, 6) is -0.560. The van der Waals surface area contributed by atoms with E-state index in [9.17, 15) is 9.59 Å². The lowest BCUT2D eigenvalue weighted by molar-refractivity contribution is -0.160. The summed E-state index contributed by atoms with van der Waals surface area (Å²) in [4.78, 5) is 25.6. The number of amides is 1. The van der Waals surface area contributed by atoms with Gasteiger partial charge in [0.05, 0.1) is 6.61 Å². The van der Waals surface area contributed by atoms with Crippen molar-refractivity contribution in [2.75, 3.05) is 26.8 Å². The molecule has 6 nitrogen and oxygen atoms in total. The zero-order valence-electron chi connectivity index (χ0n) is 11.1. The molecule has 0 radical (unpaired) electrons. The first-order valence-electron chi connectivity index (χ1n) is 6.35. The van der Waals surface area contributed by atoms with Crippen molar-refractivity contribution in [2.24, 2.45) is 5.73 Å². The van der Waals surface area contributed by atoms with Gasteiger partial charge >= 0.3 is 5.97 Å². The monoisotopic (exact) mass is 258 g/mol. The summed E-state index contributed by atoms with van der Waals surface area (Å²) >= 11 is 0. The third-order valence-corrected chi connectivity index (χ3v) is 3.12. The average Bonchev–Trinajstić information content (AvgIpc) is 2.40. The molecule has 1 rings (SSSR count). The van der Waals surface area contributed by atoms with Gasteiger partial charge in [0.15, 0.2) is 0 Å². The molecule has 0 aliphatic carbocycles. The van der Waals surface area contributed by atoms with Gasteiger partial charge in [0.1, 0.15) is 12.1 Å². The molecule has 0 aromatic rings. The fraction of sp³-hybridized carbons (Fsp3) is 0.833. The lowest BCUT2D eigenvalue weighted by atomic mass is 10.0. The Morgan fingerprint density at radius 2 is 2.17 bits per heavy atom. The van der Waals surface area contributed by atoms with Gasteiger partial charge in [-0.1, -0.05) is 0 Å². The van der Waals surface area contributed by atoms with Crippen molar-refractivity contribution >= 4 is 11.9 Å². The lowest BCUT2D eigenvalue weighted by Gasteiger charge is -2.35. The molecule has 104 valence electrons. The van der Waals surface area contributed by atoms with Crippen molar-refractivity contribution in [1.82, 2.24) is 4.90 Å². The van der Waals surface area contributed by atoms with Crippen LogP contribution < -0.4 is 5.73 Å². The van der Waals surface area contributed by atoms with Crippen molar-refractivity contribution in [1.29, 1.82) is 0 Å². The van der Waals surface area contributed by atoms with Crippen LogP contribution in [0, 0.1) is 0 Å². The van der Waals surface area contributed by atoms with E-state index in [4.69, 9.17) is 15.2 Å². The van der Waals surface area contributed by atoms with Gasteiger partial charge in [-0.05, 0) is 26.2 Å². The minimum Gasteiger partial charge on any atom is -0.464 e. The molecule has 1 heterocycles. The van der Waals surface area contributed by atoms with Gasteiger partial charge in [-0.2, -0.15) is 0 Å². The summed E-state index contributed by atoms with van der Waals surface area (Å²) in [6.07, 6.45) is 1.78. The first kappa shape index (κ1) is 14.9. The van der Waals surface area contributed by atoms with Gasteiger partial charge in [0.25, 0.3) is 5.91 Å². The van der Waals surface area contributed by atoms with Crippen molar-refractivity contribution < 1.29 is 19.1 Å². The number of carbonyl (C=O) groups is 2. The molecular formula is C12H22N2O4. The summed E-state index contributed by atoms with van der Waals surface area (Å²) < 4.78 is 10.0. The predicted molar refractivity (Wildman–Crippen MR) is 65.8 cm³/mol. The Labute approximate surface area is 107 Å². The van der Waals surface area contributed by atoms with E-state index < -0.39 is 12.1 Å². The van der Waals surface area contributed by atoms with Gasteiger partial charge in [0, 0.05) is 20.2 Å². The number of nitrogens with zero attached hydrogens (tertiary/aromatic N) is 1. The number of likely N-dealkylation sites (tertiary alicyclic amines) is 1. The highest BCUT2D eigenvalue weighted by molar-refractivity contribution is 5.87. The molecule has 0 aromatic carbocycles. The van der Waals surface area contributed by atoms with Crippen LogP contribution in [0.1, 0.15) is 26.2 Å². The maximum atomic E-state index is 12.2. The molecule has 0 bridgehead atoms. The van der Waals surface area contributed by atoms with E-state index >= 15 is 0 Å². The van der Waals surface area contributed by atoms with Crippen LogP contribution >= 0.6 is 0 Å².